The Morgan fingerprint density at radius 1 is 1.54 bits per heavy atom. The van der Waals surface area contributed by atoms with E-state index in [-0.39, 0.29) is 0 Å². The lowest BCUT2D eigenvalue weighted by atomic mass is 10.1. The molecule has 0 aliphatic heterocycles. The number of nitrogens with two attached hydrogens (primary N) is 1. The van der Waals surface area contributed by atoms with Crippen molar-refractivity contribution in [2.24, 2.45) is 5.73 Å². The van der Waals surface area contributed by atoms with Crippen LogP contribution in [0.3, 0.4) is 0 Å². The molecule has 1 aromatic carbocycles. The van der Waals surface area contributed by atoms with Crippen molar-refractivity contribution in [3.63, 3.8) is 0 Å². The number of hydrogen-bond donors (Lipinski definition) is 1. The lowest BCUT2D eigenvalue weighted by Crippen LogP contribution is -1.93. The standard InChI is InChI=1S/C12H13N/c1-3-4-6-11-7-5-8-12(9-11)10(2)13/h5,7-9H,2-3,13H2,1H3. The number of rotatable bonds is 1. The fraction of sp³-hybridized carbons (Fsp3) is 0.167. The third-order valence-corrected chi connectivity index (χ3v) is 1.64. The zero-order chi connectivity index (χ0) is 9.68. The van der Waals surface area contributed by atoms with Crippen LogP contribution in [0.5, 0.6) is 0 Å². The predicted molar refractivity (Wildman–Crippen MR) is 56.8 cm³/mol. The fourth-order valence-corrected chi connectivity index (χ4v) is 0.987. The first-order valence-corrected chi connectivity index (χ1v) is 4.27. The summed E-state index contributed by atoms with van der Waals surface area (Å²) in [5.74, 6) is 6.05. The van der Waals surface area contributed by atoms with Crippen LogP contribution >= 0.6 is 0 Å². The van der Waals surface area contributed by atoms with Crippen LogP contribution in [-0.4, -0.2) is 0 Å². The van der Waals surface area contributed by atoms with Crippen molar-refractivity contribution in [1.82, 2.24) is 0 Å². The van der Waals surface area contributed by atoms with Gasteiger partial charge in [0.25, 0.3) is 0 Å². The molecule has 0 saturated carbocycles. The Balaban J connectivity index is 2.98. The molecule has 0 fully saturated rings. The second-order valence-corrected chi connectivity index (χ2v) is 2.76. The minimum atomic E-state index is 0.583. The Morgan fingerprint density at radius 2 is 2.31 bits per heavy atom. The number of hydrogen-bond acceptors (Lipinski definition) is 1. The maximum absolute atomic E-state index is 5.57. The zero-order valence-corrected chi connectivity index (χ0v) is 7.80. The molecule has 0 spiro atoms. The van der Waals surface area contributed by atoms with E-state index in [1.807, 2.05) is 31.2 Å². The first kappa shape index (κ1) is 9.41. The largest absolute Gasteiger partial charge is 0.399 e. The topological polar surface area (TPSA) is 26.0 Å². The Kier molecular flexibility index (Phi) is 3.16. The summed E-state index contributed by atoms with van der Waals surface area (Å²) in [5, 5.41) is 0. The molecule has 13 heavy (non-hydrogen) atoms. The molecule has 66 valence electrons. The van der Waals surface area contributed by atoms with Crippen molar-refractivity contribution < 1.29 is 0 Å². The molecule has 2 N–H and O–H groups in total. The van der Waals surface area contributed by atoms with Crippen LogP contribution in [0.15, 0.2) is 30.8 Å². The van der Waals surface area contributed by atoms with E-state index >= 15 is 0 Å². The summed E-state index contributed by atoms with van der Waals surface area (Å²) in [7, 11) is 0. The second kappa shape index (κ2) is 4.37. The maximum atomic E-state index is 5.57. The molecular formula is C12H13N. The molecule has 0 aliphatic carbocycles. The molecule has 0 amide bonds. The Morgan fingerprint density at radius 3 is 2.92 bits per heavy atom. The molecule has 0 saturated heterocycles. The first-order valence-electron chi connectivity index (χ1n) is 4.27. The van der Waals surface area contributed by atoms with Crippen molar-refractivity contribution in [2.75, 3.05) is 0 Å². The van der Waals surface area contributed by atoms with Crippen molar-refractivity contribution in [1.29, 1.82) is 0 Å². The van der Waals surface area contributed by atoms with Crippen LogP contribution in [0.4, 0.5) is 0 Å². The molecule has 0 atom stereocenters. The lowest BCUT2D eigenvalue weighted by Gasteiger charge is -1.98. The van der Waals surface area contributed by atoms with Gasteiger partial charge in [-0.05, 0) is 17.7 Å². The lowest BCUT2D eigenvalue weighted by molar-refractivity contribution is 1.28. The molecule has 1 aromatic rings. The highest BCUT2D eigenvalue weighted by Crippen LogP contribution is 2.08. The molecule has 1 nitrogen and oxygen atoms in total. The highest BCUT2D eigenvalue weighted by Gasteiger charge is 1.93. The van der Waals surface area contributed by atoms with E-state index in [0.29, 0.717) is 5.70 Å². The van der Waals surface area contributed by atoms with E-state index in [2.05, 4.69) is 18.4 Å². The average Bonchev–Trinajstić information content (AvgIpc) is 2.15. The van der Waals surface area contributed by atoms with Gasteiger partial charge in [0.05, 0.1) is 0 Å². The van der Waals surface area contributed by atoms with Crippen molar-refractivity contribution in [3.05, 3.63) is 42.0 Å². The molecule has 0 radical (unpaired) electrons. The molecule has 1 heteroatoms. The minimum Gasteiger partial charge on any atom is -0.399 e. The van der Waals surface area contributed by atoms with E-state index in [1.165, 1.54) is 0 Å². The quantitative estimate of drug-likeness (QED) is 0.645. The van der Waals surface area contributed by atoms with Gasteiger partial charge in [-0.15, -0.1) is 0 Å². The van der Waals surface area contributed by atoms with Crippen LogP contribution in [0, 0.1) is 11.8 Å². The molecule has 0 aliphatic rings. The van der Waals surface area contributed by atoms with Gasteiger partial charge in [-0.3, -0.25) is 0 Å². The Bertz CT molecular complexity index is 366. The molecule has 0 aromatic heterocycles. The van der Waals surface area contributed by atoms with E-state index in [4.69, 9.17) is 5.73 Å². The molecular weight excluding hydrogens is 158 g/mol. The van der Waals surface area contributed by atoms with Gasteiger partial charge in [0, 0.05) is 17.7 Å². The summed E-state index contributed by atoms with van der Waals surface area (Å²) in [6.07, 6.45) is 0.869. The van der Waals surface area contributed by atoms with Crippen LogP contribution in [0.1, 0.15) is 24.5 Å². The van der Waals surface area contributed by atoms with E-state index in [1.54, 1.807) is 0 Å². The van der Waals surface area contributed by atoms with E-state index in [9.17, 15) is 0 Å². The third-order valence-electron chi connectivity index (χ3n) is 1.64. The first-order chi connectivity index (χ1) is 6.24. The van der Waals surface area contributed by atoms with Gasteiger partial charge in [-0.2, -0.15) is 0 Å². The highest BCUT2D eigenvalue weighted by atomic mass is 14.6. The van der Waals surface area contributed by atoms with E-state index < -0.39 is 0 Å². The Labute approximate surface area is 79.3 Å². The monoisotopic (exact) mass is 171 g/mol. The molecule has 1 rings (SSSR count). The van der Waals surface area contributed by atoms with Crippen molar-refractivity contribution in [3.8, 4) is 11.8 Å². The summed E-state index contributed by atoms with van der Waals surface area (Å²) < 4.78 is 0. The van der Waals surface area contributed by atoms with Gasteiger partial charge in [0.2, 0.25) is 0 Å². The van der Waals surface area contributed by atoms with Gasteiger partial charge in [-0.25, -0.2) is 0 Å². The summed E-state index contributed by atoms with van der Waals surface area (Å²) >= 11 is 0. The van der Waals surface area contributed by atoms with Gasteiger partial charge in [0.15, 0.2) is 0 Å². The summed E-state index contributed by atoms with van der Waals surface area (Å²) in [5.41, 5.74) is 8.09. The Hall–Kier alpha value is -1.68. The fourth-order valence-electron chi connectivity index (χ4n) is 0.987. The minimum absolute atomic E-state index is 0.583. The normalized spacial score (nSPS) is 8.69. The van der Waals surface area contributed by atoms with Crippen LogP contribution in [0.25, 0.3) is 5.70 Å². The third kappa shape index (κ3) is 2.68. The van der Waals surface area contributed by atoms with Crippen molar-refractivity contribution >= 4 is 5.70 Å². The smallest absolute Gasteiger partial charge is 0.0315 e. The molecule has 0 bridgehead atoms. The number of benzene rings is 1. The van der Waals surface area contributed by atoms with Gasteiger partial charge >= 0.3 is 0 Å². The maximum Gasteiger partial charge on any atom is 0.0315 e. The van der Waals surface area contributed by atoms with Crippen molar-refractivity contribution in [2.45, 2.75) is 13.3 Å². The predicted octanol–water partition coefficient (Wildman–Crippen LogP) is 2.38. The summed E-state index contributed by atoms with van der Waals surface area (Å²) in [6, 6.07) is 7.78. The van der Waals surface area contributed by atoms with Crippen LogP contribution in [-0.2, 0) is 0 Å². The van der Waals surface area contributed by atoms with Crippen LogP contribution < -0.4 is 5.73 Å². The van der Waals surface area contributed by atoms with Crippen LogP contribution in [0.2, 0.25) is 0 Å². The summed E-state index contributed by atoms with van der Waals surface area (Å²) in [4.78, 5) is 0. The summed E-state index contributed by atoms with van der Waals surface area (Å²) in [6.45, 7) is 5.70. The highest BCUT2D eigenvalue weighted by molar-refractivity contribution is 5.61. The average molecular weight is 171 g/mol. The van der Waals surface area contributed by atoms with Gasteiger partial charge in [0.1, 0.15) is 0 Å². The van der Waals surface area contributed by atoms with Gasteiger partial charge < -0.3 is 5.73 Å². The van der Waals surface area contributed by atoms with Gasteiger partial charge in [-0.1, -0.05) is 37.5 Å². The molecule has 0 heterocycles. The zero-order valence-electron chi connectivity index (χ0n) is 7.80. The molecule has 0 unspecified atom stereocenters. The SMILES string of the molecule is C=C(N)c1cccc(C#CCC)c1. The second-order valence-electron chi connectivity index (χ2n) is 2.76. The van der Waals surface area contributed by atoms with E-state index in [0.717, 1.165) is 17.5 Å².